The van der Waals surface area contributed by atoms with Gasteiger partial charge in [0.05, 0.1) is 6.11 Å². The molecule has 1 N–H and O–H groups in total. The molecule has 0 atom stereocenters. The number of hydrogen-bond acceptors (Lipinski definition) is 2. The summed E-state index contributed by atoms with van der Waals surface area (Å²) in [6.45, 7) is 20.2. The van der Waals surface area contributed by atoms with Gasteiger partial charge in [-0.05, 0) is 32.5 Å². The molecule has 0 bridgehead atoms. The van der Waals surface area contributed by atoms with Crippen LogP contribution in [0.5, 0.6) is 0 Å². The molecule has 1 aliphatic rings. The summed E-state index contributed by atoms with van der Waals surface area (Å²) in [5, 5.41) is 0.151. The van der Waals surface area contributed by atoms with Crippen molar-refractivity contribution < 1.29 is 4.43 Å². The summed E-state index contributed by atoms with van der Waals surface area (Å²) in [6, 6.07) is 0. The first-order valence-electron chi connectivity index (χ1n) is 8.56. The maximum absolute atomic E-state index is 5.87. The van der Waals surface area contributed by atoms with Crippen LogP contribution in [-0.2, 0) is 4.43 Å². The Labute approximate surface area is 141 Å². The minimum absolute atomic E-state index is 0.151. The van der Waals surface area contributed by atoms with Gasteiger partial charge in [-0.15, -0.1) is 6.58 Å². The Balaban J connectivity index is 3.07. The van der Waals surface area contributed by atoms with Crippen LogP contribution in [0.1, 0.15) is 32.1 Å². The Morgan fingerprint density at radius 3 is 2.00 bits per heavy atom. The van der Waals surface area contributed by atoms with Gasteiger partial charge >= 0.3 is 0 Å². The lowest BCUT2D eigenvalue weighted by Gasteiger charge is -2.47. The van der Waals surface area contributed by atoms with E-state index in [-0.39, 0.29) is 5.04 Å². The topological polar surface area (TPSA) is 21.3 Å². The van der Waals surface area contributed by atoms with Gasteiger partial charge < -0.3 is 9.07 Å². The maximum atomic E-state index is 5.87. The second-order valence-electron chi connectivity index (χ2n) is 8.76. The summed E-state index contributed by atoms with van der Waals surface area (Å²) in [4.78, 5) is 0. The molecule has 0 radical (unpaired) electrons. The van der Waals surface area contributed by atoms with E-state index in [0.717, 1.165) is 0 Å². The highest BCUT2D eigenvalue weighted by Crippen LogP contribution is 2.49. The molecule has 0 aromatic heterocycles. The summed E-state index contributed by atoms with van der Waals surface area (Å²) in [6.07, 6.45) is 9.55. The molecule has 5 heteroatoms. The largest absolute Gasteiger partial charge is 0.501 e. The Bertz CT molecular complexity index is 449. The van der Waals surface area contributed by atoms with Gasteiger partial charge in [-0.25, -0.2) is 0 Å². The van der Waals surface area contributed by atoms with Crippen molar-refractivity contribution >= 4 is 24.8 Å². The smallest absolute Gasteiger partial charge is 0.255 e. The van der Waals surface area contributed by atoms with E-state index < -0.39 is 24.8 Å². The fourth-order valence-corrected chi connectivity index (χ4v) is 13.4. The third-order valence-corrected chi connectivity index (χ3v) is 14.5. The molecule has 1 fully saturated rings. The predicted molar refractivity (Wildman–Crippen MR) is 106 cm³/mol. The molecule has 1 aliphatic carbocycles. The normalized spacial score (nSPS) is 19.0. The fourth-order valence-electron chi connectivity index (χ4n) is 3.31. The van der Waals surface area contributed by atoms with Crippen LogP contribution in [0, 0.1) is 12.0 Å². The van der Waals surface area contributed by atoms with Crippen LogP contribution in [0.4, 0.5) is 0 Å². The average molecular weight is 354 g/mol. The van der Waals surface area contributed by atoms with Crippen LogP contribution in [0.3, 0.4) is 0 Å². The first-order chi connectivity index (χ1) is 9.93. The molecule has 0 amide bonds. The van der Waals surface area contributed by atoms with E-state index >= 15 is 0 Å². The van der Waals surface area contributed by atoms with Crippen molar-refractivity contribution in [1.82, 2.24) is 4.65 Å². The highest BCUT2D eigenvalue weighted by Gasteiger charge is 2.48. The van der Waals surface area contributed by atoms with Crippen molar-refractivity contribution in [2.75, 3.05) is 0 Å². The molecule has 0 spiro atoms. The SMILES string of the molecule is C=C[Si](C)(C)N[Si](C)(C)C1(C#CO[Si](C)(C)C)CCCCC1. The predicted octanol–water partition coefficient (Wildman–Crippen LogP) is 5.23. The zero-order valence-electron chi connectivity index (χ0n) is 15.7. The van der Waals surface area contributed by atoms with Crippen molar-refractivity contribution in [3.05, 3.63) is 12.3 Å². The zero-order valence-corrected chi connectivity index (χ0v) is 18.7. The first kappa shape index (κ1) is 19.8. The minimum atomic E-state index is -1.70. The Morgan fingerprint density at radius 1 is 1.00 bits per heavy atom. The van der Waals surface area contributed by atoms with Gasteiger partial charge in [-0.1, -0.05) is 57.1 Å². The lowest BCUT2D eigenvalue weighted by Crippen LogP contribution is -2.64. The highest BCUT2D eigenvalue weighted by atomic mass is 28.4. The van der Waals surface area contributed by atoms with E-state index in [0.29, 0.717) is 0 Å². The average Bonchev–Trinajstić information content (AvgIpc) is 2.37. The Kier molecular flexibility index (Phi) is 6.36. The van der Waals surface area contributed by atoms with E-state index in [2.05, 4.69) is 74.8 Å². The Hall–Kier alpha value is -0.289. The summed E-state index contributed by atoms with van der Waals surface area (Å²) >= 11 is 0. The number of rotatable bonds is 5. The van der Waals surface area contributed by atoms with Crippen LogP contribution in [-0.4, -0.2) is 24.8 Å². The van der Waals surface area contributed by atoms with Gasteiger partial charge in [0.2, 0.25) is 0 Å². The van der Waals surface area contributed by atoms with Crippen LogP contribution in [0.2, 0.25) is 50.9 Å². The maximum Gasteiger partial charge on any atom is 0.255 e. The molecule has 1 saturated carbocycles. The lowest BCUT2D eigenvalue weighted by molar-refractivity contribution is 0.425. The quantitative estimate of drug-likeness (QED) is 0.540. The standard InChI is InChI=1S/C17H35NOSi3/c1-9-21(5,6)18-22(7,8)17(13-11-10-12-14-17)15-16-19-20(2,3)4/h9,18H,1,10-14H2,2-8H3. The molecular weight excluding hydrogens is 318 g/mol. The summed E-state index contributed by atoms with van der Waals surface area (Å²) < 4.78 is 9.93. The van der Waals surface area contributed by atoms with Crippen LogP contribution >= 0.6 is 0 Å². The minimum Gasteiger partial charge on any atom is -0.501 e. The van der Waals surface area contributed by atoms with E-state index in [1.807, 2.05) is 0 Å². The van der Waals surface area contributed by atoms with Gasteiger partial charge in [0.1, 0.15) is 16.5 Å². The molecule has 0 aliphatic heterocycles. The molecule has 1 rings (SSSR count). The van der Waals surface area contributed by atoms with E-state index in [4.69, 9.17) is 4.43 Å². The summed E-state index contributed by atoms with van der Waals surface area (Å²) in [5.41, 5.74) is 2.16. The van der Waals surface area contributed by atoms with Crippen molar-refractivity contribution in [1.29, 1.82) is 0 Å². The van der Waals surface area contributed by atoms with Crippen LogP contribution < -0.4 is 4.65 Å². The molecule has 126 valence electrons. The van der Waals surface area contributed by atoms with E-state index in [1.54, 1.807) is 0 Å². The van der Waals surface area contributed by atoms with Crippen molar-refractivity contribution in [2.45, 2.75) is 83.0 Å². The lowest BCUT2D eigenvalue weighted by atomic mass is 9.89. The van der Waals surface area contributed by atoms with Crippen molar-refractivity contribution in [3.63, 3.8) is 0 Å². The molecule has 0 aromatic carbocycles. The van der Waals surface area contributed by atoms with Gasteiger partial charge in [0, 0.05) is 5.04 Å². The second kappa shape index (κ2) is 7.08. The van der Waals surface area contributed by atoms with Gasteiger partial charge in [-0.2, -0.15) is 0 Å². The van der Waals surface area contributed by atoms with E-state index in [1.165, 1.54) is 32.1 Å². The molecule has 0 heterocycles. The van der Waals surface area contributed by atoms with E-state index in [9.17, 15) is 0 Å². The molecule has 2 nitrogen and oxygen atoms in total. The molecule has 0 aromatic rings. The number of hydrogen-bond donors (Lipinski definition) is 1. The molecule has 22 heavy (non-hydrogen) atoms. The monoisotopic (exact) mass is 353 g/mol. The molecule has 0 unspecified atom stereocenters. The molecular formula is C17H35NOSi3. The van der Waals surface area contributed by atoms with Crippen LogP contribution in [0.15, 0.2) is 12.3 Å². The second-order valence-corrected chi connectivity index (χ2v) is 22.2. The fraction of sp³-hybridized carbons (Fsp3) is 0.765. The van der Waals surface area contributed by atoms with Crippen LogP contribution in [0.25, 0.3) is 0 Å². The Morgan fingerprint density at radius 2 is 1.55 bits per heavy atom. The first-order valence-corrected chi connectivity index (χ1v) is 18.0. The zero-order chi connectivity index (χ0) is 17.1. The van der Waals surface area contributed by atoms with Crippen molar-refractivity contribution in [3.8, 4) is 12.0 Å². The summed E-state index contributed by atoms with van der Waals surface area (Å²) in [7, 11) is -4.82. The van der Waals surface area contributed by atoms with Crippen molar-refractivity contribution in [2.24, 2.45) is 0 Å². The highest BCUT2D eigenvalue weighted by molar-refractivity contribution is 6.95. The van der Waals surface area contributed by atoms with Gasteiger partial charge in [0.15, 0.2) is 0 Å². The third kappa shape index (κ3) is 5.41. The van der Waals surface area contributed by atoms with Gasteiger partial charge in [0.25, 0.3) is 8.32 Å². The molecule has 0 saturated heterocycles. The van der Waals surface area contributed by atoms with Gasteiger partial charge in [-0.3, -0.25) is 0 Å². The summed E-state index contributed by atoms with van der Waals surface area (Å²) in [5.74, 6) is 3.63. The number of nitrogens with one attached hydrogen (secondary N) is 1. The third-order valence-electron chi connectivity index (χ3n) is 4.70.